The predicted octanol–water partition coefficient (Wildman–Crippen LogP) is 2.08. The maximum atomic E-state index is 5.62. The largest absolute Gasteiger partial charge is 0.113 e. The summed E-state index contributed by atoms with van der Waals surface area (Å²) < 4.78 is 0. The molecule has 1 aromatic rings. The normalized spacial score (nSPS) is 20.5. The molecule has 0 heterocycles. The molecular weight excluding hydrogens is 155 g/mol. The Morgan fingerprint density at radius 1 is 1.08 bits per heavy atom. The van der Waals surface area contributed by atoms with Crippen molar-refractivity contribution in [1.29, 1.82) is 0 Å². The molecule has 1 atom stereocenters. The molecule has 1 aromatic carbocycles. The fraction of sp³-hybridized carbons (Fsp3) is 0.167. The highest BCUT2D eigenvalue weighted by Gasteiger charge is 2.06. The second-order valence-electron chi connectivity index (χ2n) is 3.32. The molecule has 13 heavy (non-hydrogen) atoms. The first-order valence-corrected chi connectivity index (χ1v) is 4.55. The summed E-state index contributed by atoms with van der Waals surface area (Å²) in [5, 5.41) is 0. The molecule has 0 bridgehead atoms. The van der Waals surface area contributed by atoms with Gasteiger partial charge in [0.25, 0.3) is 0 Å². The van der Waals surface area contributed by atoms with Crippen LogP contribution in [0.1, 0.15) is 17.9 Å². The van der Waals surface area contributed by atoms with Gasteiger partial charge in [0.05, 0.1) is 0 Å². The zero-order valence-electron chi connectivity index (χ0n) is 7.48. The van der Waals surface area contributed by atoms with Gasteiger partial charge < -0.3 is 0 Å². The molecule has 0 spiro atoms. The lowest BCUT2D eigenvalue weighted by Crippen LogP contribution is -2.03. The van der Waals surface area contributed by atoms with Gasteiger partial charge in [0.1, 0.15) is 7.85 Å². The summed E-state index contributed by atoms with van der Waals surface area (Å²) in [5.41, 5.74) is 2.17. The van der Waals surface area contributed by atoms with Gasteiger partial charge in [0.2, 0.25) is 0 Å². The Hall–Kier alpha value is -1.24. The number of hydrogen-bond acceptors (Lipinski definition) is 0. The van der Waals surface area contributed by atoms with E-state index < -0.39 is 0 Å². The van der Waals surface area contributed by atoms with Crippen LogP contribution >= 0.6 is 0 Å². The van der Waals surface area contributed by atoms with E-state index >= 15 is 0 Å². The first kappa shape index (κ1) is 8.37. The molecule has 0 nitrogen and oxygen atoms in total. The van der Waals surface area contributed by atoms with Gasteiger partial charge in [-0.1, -0.05) is 54.0 Å². The number of allylic oxidation sites excluding steroid dienone is 4. The lowest BCUT2D eigenvalue weighted by molar-refractivity contribution is 0.854. The molecule has 2 radical (unpaired) electrons. The molecule has 0 saturated heterocycles. The van der Waals surface area contributed by atoms with Crippen LogP contribution in [0.25, 0.3) is 0 Å². The zero-order chi connectivity index (χ0) is 9.10. The third-order valence-corrected chi connectivity index (χ3v) is 2.35. The van der Waals surface area contributed by atoms with E-state index in [2.05, 4.69) is 36.4 Å². The fourth-order valence-corrected chi connectivity index (χ4v) is 1.57. The van der Waals surface area contributed by atoms with Crippen LogP contribution in [-0.2, 0) is 0 Å². The lowest BCUT2D eigenvalue weighted by Gasteiger charge is -2.13. The third kappa shape index (κ3) is 1.92. The molecule has 2 rings (SSSR count). The Bertz CT molecular complexity index is 333. The van der Waals surface area contributed by atoms with E-state index in [9.17, 15) is 0 Å². The molecule has 0 amide bonds. The van der Waals surface area contributed by atoms with Crippen molar-refractivity contribution in [1.82, 2.24) is 0 Å². The molecule has 0 saturated carbocycles. The van der Waals surface area contributed by atoms with Gasteiger partial charge in [0.15, 0.2) is 0 Å². The monoisotopic (exact) mass is 166 g/mol. The van der Waals surface area contributed by atoms with Crippen molar-refractivity contribution in [2.45, 2.75) is 12.3 Å². The summed E-state index contributed by atoms with van der Waals surface area (Å²) in [5.74, 6) is 0.533. The molecular formula is C12H11B. The van der Waals surface area contributed by atoms with Crippen LogP contribution in [0.4, 0.5) is 0 Å². The van der Waals surface area contributed by atoms with Gasteiger partial charge in [-0.05, 0) is 12.0 Å². The summed E-state index contributed by atoms with van der Waals surface area (Å²) in [6, 6.07) is 8.12. The molecule has 1 heteroatoms. The third-order valence-electron chi connectivity index (χ3n) is 2.35. The molecule has 1 aliphatic rings. The fourth-order valence-electron chi connectivity index (χ4n) is 1.57. The average molecular weight is 166 g/mol. The van der Waals surface area contributed by atoms with E-state index in [1.165, 1.54) is 5.56 Å². The Kier molecular flexibility index (Phi) is 2.35. The van der Waals surface area contributed by atoms with Gasteiger partial charge in [-0.15, -0.1) is 0 Å². The van der Waals surface area contributed by atoms with Crippen molar-refractivity contribution in [3.05, 3.63) is 54.1 Å². The highest BCUT2D eigenvalue weighted by molar-refractivity contribution is 6.32. The first-order chi connectivity index (χ1) is 6.36. The van der Waals surface area contributed by atoms with Gasteiger partial charge in [-0.2, -0.15) is 0 Å². The molecule has 0 fully saturated rings. The van der Waals surface area contributed by atoms with Crippen molar-refractivity contribution < 1.29 is 0 Å². The summed E-state index contributed by atoms with van der Waals surface area (Å²) in [6.45, 7) is 0. The van der Waals surface area contributed by atoms with Crippen LogP contribution in [-0.4, -0.2) is 7.85 Å². The van der Waals surface area contributed by atoms with E-state index in [4.69, 9.17) is 7.85 Å². The van der Waals surface area contributed by atoms with E-state index in [0.29, 0.717) is 5.92 Å². The number of benzene rings is 1. The molecule has 1 unspecified atom stereocenters. The highest BCUT2D eigenvalue weighted by atomic mass is 14.1. The molecule has 0 aliphatic heterocycles. The summed E-state index contributed by atoms with van der Waals surface area (Å²) in [4.78, 5) is 0. The van der Waals surface area contributed by atoms with Gasteiger partial charge >= 0.3 is 0 Å². The van der Waals surface area contributed by atoms with E-state index in [-0.39, 0.29) is 0 Å². The molecule has 0 aromatic heterocycles. The van der Waals surface area contributed by atoms with Gasteiger partial charge in [-0.25, -0.2) is 0 Å². The number of hydrogen-bond donors (Lipinski definition) is 0. The maximum Gasteiger partial charge on any atom is 0.113 e. The minimum atomic E-state index is 0.533. The quantitative estimate of drug-likeness (QED) is 0.560. The van der Waals surface area contributed by atoms with Crippen molar-refractivity contribution in [2.24, 2.45) is 0 Å². The van der Waals surface area contributed by atoms with E-state index in [1.807, 2.05) is 12.1 Å². The molecule has 0 N–H and O–H groups in total. The van der Waals surface area contributed by atoms with Crippen LogP contribution in [0.15, 0.2) is 48.6 Å². The zero-order valence-corrected chi connectivity index (χ0v) is 7.48. The van der Waals surface area contributed by atoms with Crippen LogP contribution < -0.4 is 5.46 Å². The second kappa shape index (κ2) is 3.65. The average Bonchev–Trinajstić information content (AvgIpc) is 2.20. The van der Waals surface area contributed by atoms with Crippen LogP contribution in [0.5, 0.6) is 0 Å². The van der Waals surface area contributed by atoms with Gasteiger partial charge in [0, 0.05) is 5.92 Å². The highest BCUT2D eigenvalue weighted by Crippen LogP contribution is 2.23. The SMILES string of the molecule is [B]c1ccc(C2C=CC=CC2)cc1. The molecule has 1 aliphatic carbocycles. The minimum absolute atomic E-state index is 0.533. The Morgan fingerprint density at radius 2 is 1.85 bits per heavy atom. The topological polar surface area (TPSA) is 0 Å². The Morgan fingerprint density at radius 3 is 2.46 bits per heavy atom. The Balaban J connectivity index is 2.21. The van der Waals surface area contributed by atoms with E-state index in [0.717, 1.165) is 11.9 Å². The van der Waals surface area contributed by atoms with Crippen molar-refractivity contribution in [3.8, 4) is 0 Å². The smallest absolute Gasteiger partial charge is 0.0967 e. The minimum Gasteiger partial charge on any atom is -0.0967 e. The van der Waals surface area contributed by atoms with Gasteiger partial charge in [-0.3, -0.25) is 0 Å². The lowest BCUT2D eigenvalue weighted by atomic mass is 9.89. The second-order valence-corrected chi connectivity index (χ2v) is 3.32. The summed E-state index contributed by atoms with van der Waals surface area (Å²) >= 11 is 0. The Labute approximate surface area is 80.4 Å². The molecule has 62 valence electrons. The van der Waals surface area contributed by atoms with E-state index in [1.54, 1.807) is 0 Å². The van der Waals surface area contributed by atoms with Crippen molar-refractivity contribution in [3.63, 3.8) is 0 Å². The first-order valence-electron chi connectivity index (χ1n) is 4.55. The standard InChI is InChI=1S/C12H11B/c13-12-8-6-11(7-9-12)10-4-2-1-3-5-10/h1-4,6-10H,5H2. The van der Waals surface area contributed by atoms with Crippen LogP contribution in [0.3, 0.4) is 0 Å². The number of rotatable bonds is 1. The predicted molar refractivity (Wildman–Crippen MR) is 57.5 cm³/mol. The van der Waals surface area contributed by atoms with Crippen LogP contribution in [0.2, 0.25) is 0 Å². The van der Waals surface area contributed by atoms with Crippen molar-refractivity contribution >= 4 is 13.3 Å². The van der Waals surface area contributed by atoms with Crippen LogP contribution in [0, 0.1) is 0 Å². The van der Waals surface area contributed by atoms with Crippen molar-refractivity contribution in [2.75, 3.05) is 0 Å². The maximum absolute atomic E-state index is 5.62. The summed E-state index contributed by atoms with van der Waals surface area (Å²) in [6.07, 6.45) is 9.71. The summed E-state index contributed by atoms with van der Waals surface area (Å²) in [7, 11) is 5.62.